The van der Waals surface area contributed by atoms with Crippen molar-refractivity contribution in [3.8, 4) is 0 Å². The molecule has 6 nitrogen and oxygen atoms in total. The summed E-state index contributed by atoms with van der Waals surface area (Å²) in [5.41, 5.74) is 0.891. The Hall–Kier alpha value is -2.67. The van der Waals surface area contributed by atoms with Crippen molar-refractivity contribution in [2.75, 3.05) is 11.9 Å². The first kappa shape index (κ1) is 17.7. The highest BCUT2D eigenvalue weighted by Crippen LogP contribution is 2.15. The molecular weight excluding hydrogens is 326 g/mol. The zero-order valence-corrected chi connectivity index (χ0v) is 14.3. The molecular formula is C17H19N3O3S. The van der Waals surface area contributed by atoms with Gasteiger partial charge in [0.05, 0.1) is 4.88 Å². The van der Waals surface area contributed by atoms with Crippen molar-refractivity contribution in [3.63, 3.8) is 0 Å². The summed E-state index contributed by atoms with van der Waals surface area (Å²) in [7, 11) is 0. The van der Waals surface area contributed by atoms with E-state index in [1.165, 1.54) is 11.3 Å². The molecule has 0 radical (unpaired) electrons. The van der Waals surface area contributed by atoms with E-state index in [2.05, 4.69) is 16.0 Å². The Balaban J connectivity index is 2.02. The second-order valence-electron chi connectivity index (χ2n) is 5.10. The Morgan fingerprint density at radius 2 is 1.92 bits per heavy atom. The van der Waals surface area contributed by atoms with Crippen LogP contribution < -0.4 is 16.0 Å². The van der Waals surface area contributed by atoms with Gasteiger partial charge in [-0.1, -0.05) is 12.1 Å². The van der Waals surface area contributed by atoms with Gasteiger partial charge in [-0.3, -0.25) is 14.4 Å². The first-order chi connectivity index (χ1) is 11.5. The number of hydrogen-bond acceptors (Lipinski definition) is 4. The van der Waals surface area contributed by atoms with Crippen LogP contribution in [0.5, 0.6) is 0 Å². The van der Waals surface area contributed by atoms with Gasteiger partial charge in [-0.15, -0.1) is 11.3 Å². The monoisotopic (exact) mass is 345 g/mol. The molecule has 0 saturated carbocycles. The molecule has 0 bridgehead atoms. The predicted octanol–water partition coefficient (Wildman–Crippen LogP) is 2.25. The largest absolute Gasteiger partial charge is 0.355 e. The summed E-state index contributed by atoms with van der Waals surface area (Å²) in [5.74, 6) is -0.841. The minimum Gasteiger partial charge on any atom is -0.355 e. The van der Waals surface area contributed by atoms with E-state index in [1.54, 1.807) is 43.3 Å². The fourth-order valence-corrected chi connectivity index (χ4v) is 2.63. The molecule has 0 fully saturated rings. The van der Waals surface area contributed by atoms with Gasteiger partial charge in [0, 0.05) is 17.8 Å². The van der Waals surface area contributed by atoms with E-state index in [1.807, 2.05) is 12.3 Å². The van der Waals surface area contributed by atoms with Crippen molar-refractivity contribution in [2.45, 2.75) is 19.9 Å². The van der Waals surface area contributed by atoms with Crippen molar-refractivity contribution >= 4 is 34.7 Å². The quantitative estimate of drug-likeness (QED) is 0.750. The van der Waals surface area contributed by atoms with Gasteiger partial charge in [0.1, 0.15) is 6.04 Å². The Kier molecular flexibility index (Phi) is 6.08. The first-order valence-corrected chi connectivity index (χ1v) is 8.42. The summed E-state index contributed by atoms with van der Waals surface area (Å²) in [5, 5.41) is 9.84. The lowest BCUT2D eigenvalue weighted by atomic mass is 10.1. The number of nitrogens with one attached hydrogen (secondary N) is 3. The highest BCUT2D eigenvalue weighted by Gasteiger charge is 2.16. The lowest BCUT2D eigenvalue weighted by Crippen LogP contribution is -2.44. The normalized spacial score (nSPS) is 11.4. The molecule has 0 aliphatic heterocycles. The molecule has 2 aromatic rings. The Morgan fingerprint density at radius 1 is 1.12 bits per heavy atom. The molecule has 126 valence electrons. The fraction of sp³-hybridized carbons (Fsp3) is 0.235. The zero-order chi connectivity index (χ0) is 17.5. The molecule has 0 spiro atoms. The highest BCUT2D eigenvalue weighted by atomic mass is 32.1. The van der Waals surface area contributed by atoms with Crippen LogP contribution in [0.25, 0.3) is 0 Å². The van der Waals surface area contributed by atoms with E-state index >= 15 is 0 Å². The van der Waals surface area contributed by atoms with Gasteiger partial charge >= 0.3 is 0 Å². The van der Waals surface area contributed by atoms with Crippen LogP contribution in [0.1, 0.15) is 33.9 Å². The molecule has 1 heterocycles. The third-order valence-electron chi connectivity index (χ3n) is 3.22. The van der Waals surface area contributed by atoms with E-state index in [4.69, 9.17) is 0 Å². The molecule has 1 aromatic carbocycles. The standard InChI is InChI=1S/C17H19N3O3S/c1-3-18-15(21)11(2)19-16(22)12-6-4-7-13(10-12)20-17(23)14-8-5-9-24-14/h4-11H,3H2,1-2H3,(H,18,21)(H,19,22)(H,20,23)/t11-/m1/s1. The number of rotatable bonds is 6. The number of amides is 3. The zero-order valence-electron chi connectivity index (χ0n) is 13.5. The number of likely N-dealkylation sites (N-methyl/N-ethyl adjacent to an activating group) is 1. The van der Waals surface area contributed by atoms with Crippen molar-refractivity contribution < 1.29 is 14.4 Å². The van der Waals surface area contributed by atoms with E-state index in [9.17, 15) is 14.4 Å². The number of carbonyl (C=O) groups is 3. The minimum atomic E-state index is -0.637. The molecule has 0 aliphatic carbocycles. The summed E-state index contributed by atoms with van der Waals surface area (Å²) in [4.78, 5) is 36.5. The number of benzene rings is 1. The van der Waals surface area contributed by atoms with Gasteiger partial charge < -0.3 is 16.0 Å². The molecule has 3 N–H and O–H groups in total. The summed E-state index contributed by atoms with van der Waals surface area (Å²) < 4.78 is 0. The van der Waals surface area contributed by atoms with Gasteiger partial charge in [-0.05, 0) is 43.5 Å². The minimum absolute atomic E-state index is 0.224. The van der Waals surface area contributed by atoms with Crippen LogP contribution in [0.15, 0.2) is 41.8 Å². The SMILES string of the molecule is CCNC(=O)[C@@H](C)NC(=O)c1cccc(NC(=O)c2cccs2)c1. The van der Waals surface area contributed by atoms with Crippen LogP contribution >= 0.6 is 11.3 Å². The van der Waals surface area contributed by atoms with Crippen molar-refractivity contribution in [1.29, 1.82) is 0 Å². The van der Waals surface area contributed by atoms with Gasteiger partial charge in [0.25, 0.3) is 11.8 Å². The van der Waals surface area contributed by atoms with E-state index in [0.29, 0.717) is 22.7 Å². The van der Waals surface area contributed by atoms with Crippen molar-refractivity contribution in [1.82, 2.24) is 10.6 Å². The number of thiophene rings is 1. The average molecular weight is 345 g/mol. The third-order valence-corrected chi connectivity index (χ3v) is 4.09. The molecule has 0 aliphatic rings. The van der Waals surface area contributed by atoms with E-state index < -0.39 is 6.04 Å². The van der Waals surface area contributed by atoms with Crippen LogP contribution in [-0.4, -0.2) is 30.3 Å². The smallest absolute Gasteiger partial charge is 0.265 e. The van der Waals surface area contributed by atoms with Gasteiger partial charge in [0.2, 0.25) is 5.91 Å². The number of anilines is 1. The predicted molar refractivity (Wildman–Crippen MR) is 94.3 cm³/mol. The van der Waals surface area contributed by atoms with Crippen LogP contribution in [-0.2, 0) is 4.79 Å². The maximum Gasteiger partial charge on any atom is 0.265 e. The second kappa shape index (κ2) is 8.26. The Bertz CT molecular complexity index is 728. The van der Waals surface area contributed by atoms with Crippen molar-refractivity contribution in [3.05, 3.63) is 52.2 Å². The van der Waals surface area contributed by atoms with E-state index in [-0.39, 0.29) is 17.7 Å². The van der Waals surface area contributed by atoms with Crippen molar-refractivity contribution in [2.24, 2.45) is 0 Å². The lowest BCUT2D eigenvalue weighted by molar-refractivity contribution is -0.122. The van der Waals surface area contributed by atoms with Gasteiger partial charge in [-0.25, -0.2) is 0 Å². The summed E-state index contributed by atoms with van der Waals surface area (Å²) in [6, 6.07) is 9.47. The highest BCUT2D eigenvalue weighted by molar-refractivity contribution is 7.12. The lowest BCUT2D eigenvalue weighted by Gasteiger charge is -2.13. The maximum atomic E-state index is 12.2. The number of hydrogen-bond donors (Lipinski definition) is 3. The molecule has 0 saturated heterocycles. The summed E-state index contributed by atoms with van der Waals surface area (Å²) in [6.45, 7) is 3.93. The Morgan fingerprint density at radius 3 is 2.58 bits per heavy atom. The Labute approximate surface area is 144 Å². The second-order valence-corrected chi connectivity index (χ2v) is 6.05. The van der Waals surface area contributed by atoms with Gasteiger partial charge in [-0.2, -0.15) is 0 Å². The van der Waals surface area contributed by atoms with E-state index in [0.717, 1.165) is 0 Å². The van der Waals surface area contributed by atoms with Crippen LogP contribution in [0.4, 0.5) is 5.69 Å². The van der Waals surface area contributed by atoms with Crippen LogP contribution in [0.3, 0.4) is 0 Å². The van der Waals surface area contributed by atoms with Gasteiger partial charge in [0.15, 0.2) is 0 Å². The number of carbonyl (C=O) groups excluding carboxylic acids is 3. The fourth-order valence-electron chi connectivity index (χ4n) is 2.01. The summed E-state index contributed by atoms with van der Waals surface area (Å²) in [6.07, 6.45) is 0. The molecule has 3 amide bonds. The first-order valence-electron chi connectivity index (χ1n) is 7.54. The molecule has 0 unspecified atom stereocenters. The van der Waals surface area contributed by atoms with Crippen LogP contribution in [0, 0.1) is 0 Å². The molecule has 7 heteroatoms. The molecule has 24 heavy (non-hydrogen) atoms. The van der Waals surface area contributed by atoms with Crippen LogP contribution in [0.2, 0.25) is 0 Å². The molecule has 1 atom stereocenters. The maximum absolute atomic E-state index is 12.2. The summed E-state index contributed by atoms with van der Waals surface area (Å²) >= 11 is 1.34. The molecule has 2 rings (SSSR count). The third kappa shape index (κ3) is 4.66. The topological polar surface area (TPSA) is 87.3 Å². The average Bonchev–Trinajstić information content (AvgIpc) is 3.10. The molecule has 1 aromatic heterocycles.